The summed E-state index contributed by atoms with van der Waals surface area (Å²) in [5, 5.41) is 20.5. The van der Waals surface area contributed by atoms with Gasteiger partial charge in [-0.2, -0.15) is 5.26 Å². The summed E-state index contributed by atoms with van der Waals surface area (Å²) in [7, 11) is 0. The summed E-state index contributed by atoms with van der Waals surface area (Å²) in [4.78, 5) is 25.4. The predicted octanol–water partition coefficient (Wildman–Crippen LogP) is 2.21. The lowest BCUT2D eigenvalue weighted by molar-refractivity contribution is -0.117. The van der Waals surface area contributed by atoms with Gasteiger partial charge in [-0.15, -0.1) is 0 Å². The first-order valence-corrected chi connectivity index (χ1v) is 9.59. The molecule has 30 heavy (non-hydrogen) atoms. The Morgan fingerprint density at radius 1 is 1.47 bits per heavy atom. The first-order valence-electron chi connectivity index (χ1n) is 9.59. The minimum absolute atomic E-state index is 0.137. The highest BCUT2D eigenvalue weighted by molar-refractivity contribution is 6.01. The zero-order valence-corrected chi connectivity index (χ0v) is 16.5. The molecule has 1 aliphatic rings. The molecule has 3 N–H and O–H groups in total. The Morgan fingerprint density at radius 2 is 2.33 bits per heavy atom. The van der Waals surface area contributed by atoms with Crippen LogP contribution in [0, 0.1) is 16.7 Å². The number of nitriles is 1. The van der Waals surface area contributed by atoms with Crippen LogP contribution in [-0.2, 0) is 9.53 Å². The number of benzene rings is 1. The molecule has 0 saturated carbocycles. The fraction of sp³-hybridized carbons (Fsp3) is 0.286. The van der Waals surface area contributed by atoms with Crippen LogP contribution in [0.3, 0.4) is 0 Å². The molecule has 1 fully saturated rings. The van der Waals surface area contributed by atoms with Gasteiger partial charge in [0, 0.05) is 38.2 Å². The third-order valence-corrected chi connectivity index (χ3v) is 4.95. The molecule has 1 saturated heterocycles. The van der Waals surface area contributed by atoms with E-state index < -0.39 is 0 Å². The number of fused-ring (bicyclic) bond motifs is 1. The molecule has 4 rings (SSSR count). The van der Waals surface area contributed by atoms with Crippen molar-refractivity contribution in [2.24, 2.45) is 0 Å². The lowest BCUT2D eigenvalue weighted by Gasteiger charge is -2.34. The average Bonchev–Trinajstić information content (AvgIpc) is 3.17. The van der Waals surface area contributed by atoms with Crippen LogP contribution in [-0.4, -0.2) is 52.5 Å². The second kappa shape index (κ2) is 8.31. The zero-order chi connectivity index (χ0) is 21.1. The molecule has 1 aromatic carbocycles. The van der Waals surface area contributed by atoms with E-state index in [1.165, 1.54) is 13.3 Å². The van der Waals surface area contributed by atoms with Crippen LogP contribution < -0.4 is 10.2 Å². The van der Waals surface area contributed by atoms with E-state index in [4.69, 9.17) is 10.1 Å². The summed E-state index contributed by atoms with van der Waals surface area (Å²) in [5.41, 5.74) is 3.13. The minimum Gasteiger partial charge on any atom is -0.374 e. The molecule has 9 heteroatoms. The third kappa shape index (κ3) is 3.99. The Morgan fingerprint density at radius 3 is 3.13 bits per heavy atom. The predicted molar refractivity (Wildman–Crippen MR) is 112 cm³/mol. The van der Waals surface area contributed by atoms with Crippen molar-refractivity contribution in [2.75, 3.05) is 24.6 Å². The topological polar surface area (TPSA) is 131 Å². The van der Waals surface area contributed by atoms with E-state index in [-0.39, 0.29) is 17.8 Å². The molecular formula is C21H21N7O2. The van der Waals surface area contributed by atoms with E-state index in [2.05, 4.69) is 31.2 Å². The number of ether oxygens (including phenoxy) is 1. The third-order valence-electron chi connectivity index (χ3n) is 4.95. The molecule has 9 nitrogen and oxygen atoms in total. The van der Waals surface area contributed by atoms with Crippen LogP contribution in [0.2, 0.25) is 0 Å². The summed E-state index contributed by atoms with van der Waals surface area (Å²) in [6.45, 7) is 3.07. The van der Waals surface area contributed by atoms with E-state index in [1.807, 2.05) is 24.4 Å². The number of carbonyl (C=O) groups excluding carboxylic acids is 1. The second-order valence-corrected chi connectivity index (χ2v) is 7.12. The van der Waals surface area contributed by atoms with Crippen molar-refractivity contribution in [3.05, 3.63) is 42.4 Å². The normalized spacial score (nSPS) is 16.3. The number of nitrogens with one attached hydrogen (secondary N) is 3. The number of nitrogens with zero attached hydrogens (tertiary/aromatic N) is 4. The van der Waals surface area contributed by atoms with Crippen LogP contribution in [0.15, 0.2) is 36.8 Å². The van der Waals surface area contributed by atoms with E-state index >= 15 is 0 Å². The highest BCUT2D eigenvalue weighted by atomic mass is 16.5. The first-order chi connectivity index (χ1) is 14.5. The van der Waals surface area contributed by atoms with Crippen molar-refractivity contribution in [1.82, 2.24) is 20.3 Å². The van der Waals surface area contributed by atoms with Gasteiger partial charge in [-0.3, -0.25) is 10.2 Å². The monoisotopic (exact) mass is 403 g/mol. The van der Waals surface area contributed by atoms with Gasteiger partial charge in [-0.05, 0) is 17.7 Å². The molecule has 1 amide bonds. The van der Waals surface area contributed by atoms with E-state index in [0.717, 1.165) is 22.3 Å². The molecule has 0 radical (unpaired) electrons. The highest BCUT2D eigenvalue weighted by Crippen LogP contribution is 2.34. The summed E-state index contributed by atoms with van der Waals surface area (Å²) in [6, 6.07) is 9.60. The van der Waals surface area contributed by atoms with Crippen molar-refractivity contribution in [2.45, 2.75) is 19.4 Å². The molecule has 152 valence electrons. The number of morpholine rings is 1. The molecule has 3 aromatic rings. The van der Waals surface area contributed by atoms with E-state index in [0.29, 0.717) is 37.3 Å². The van der Waals surface area contributed by atoms with Crippen molar-refractivity contribution in [3.63, 3.8) is 0 Å². The highest BCUT2D eigenvalue weighted by Gasteiger charge is 2.26. The Kier molecular flexibility index (Phi) is 5.41. The first kappa shape index (κ1) is 19.5. The number of carbonyl (C=O) groups is 1. The molecule has 1 atom stereocenters. The van der Waals surface area contributed by atoms with Crippen LogP contribution in [0.4, 0.5) is 5.82 Å². The molecule has 1 aliphatic heterocycles. The van der Waals surface area contributed by atoms with E-state index in [1.54, 1.807) is 6.07 Å². The standard InChI is InChI=1S/C21H21N7O2/c1-13(29)27-18(23)8-16-11-28(5-6-30-16)21-19-17(10-24-20(19)25-12-26-21)15-4-2-3-14(7-15)9-22/h2-4,7,10,12,16H,5-6,8,11H2,1H3,(H2,23,27,29)(H,24,25,26). The maximum atomic E-state index is 11.2. The molecule has 3 heterocycles. The fourth-order valence-corrected chi connectivity index (χ4v) is 3.70. The number of rotatable bonds is 4. The van der Waals surface area contributed by atoms with Crippen molar-refractivity contribution < 1.29 is 9.53 Å². The maximum Gasteiger partial charge on any atom is 0.222 e. The van der Waals surface area contributed by atoms with Crippen molar-refractivity contribution in [3.8, 4) is 17.2 Å². The average molecular weight is 403 g/mol. The number of aromatic amines is 1. The maximum absolute atomic E-state index is 11.2. The zero-order valence-electron chi connectivity index (χ0n) is 16.5. The lowest BCUT2D eigenvalue weighted by atomic mass is 10.0. The fourth-order valence-electron chi connectivity index (χ4n) is 3.70. The number of hydrogen-bond acceptors (Lipinski definition) is 7. The minimum atomic E-state index is -0.262. The Bertz CT molecular complexity index is 1150. The molecule has 0 aliphatic carbocycles. The largest absolute Gasteiger partial charge is 0.374 e. The summed E-state index contributed by atoms with van der Waals surface area (Å²) >= 11 is 0. The van der Waals surface area contributed by atoms with Crippen LogP contribution in [0.25, 0.3) is 22.2 Å². The molecule has 0 bridgehead atoms. The van der Waals surface area contributed by atoms with Gasteiger partial charge in [0.25, 0.3) is 0 Å². The number of amides is 1. The quantitative estimate of drug-likeness (QED) is 0.452. The molecule has 0 spiro atoms. The summed E-state index contributed by atoms with van der Waals surface area (Å²) < 4.78 is 5.80. The van der Waals surface area contributed by atoms with Gasteiger partial charge in [0.1, 0.15) is 23.6 Å². The summed E-state index contributed by atoms with van der Waals surface area (Å²) in [5.74, 6) is 0.651. The number of aromatic nitrogens is 3. The number of anilines is 1. The van der Waals surface area contributed by atoms with Gasteiger partial charge >= 0.3 is 0 Å². The number of hydrogen-bond donors (Lipinski definition) is 3. The van der Waals surface area contributed by atoms with Gasteiger partial charge in [0.05, 0.1) is 29.7 Å². The number of amidine groups is 1. The van der Waals surface area contributed by atoms with Gasteiger partial charge in [-0.25, -0.2) is 9.97 Å². The summed E-state index contributed by atoms with van der Waals surface area (Å²) in [6.07, 6.45) is 3.48. The Labute approximate surface area is 173 Å². The lowest BCUT2D eigenvalue weighted by Crippen LogP contribution is -2.45. The Hall–Kier alpha value is -3.77. The molecular weight excluding hydrogens is 382 g/mol. The van der Waals surface area contributed by atoms with Crippen LogP contribution in [0.5, 0.6) is 0 Å². The van der Waals surface area contributed by atoms with Gasteiger partial charge < -0.3 is 19.9 Å². The second-order valence-electron chi connectivity index (χ2n) is 7.12. The van der Waals surface area contributed by atoms with Crippen molar-refractivity contribution in [1.29, 1.82) is 10.7 Å². The van der Waals surface area contributed by atoms with Crippen molar-refractivity contribution >= 4 is 28.6 Å². The van der Waals surface area contributed by atoms with Gasteiger partial charge in [-0.1, -0.05) is 12.1 Å². The van der Waals surface area contributed by atoms with Gasteiger partial charge in [0.2, 0.25) is 5.91 Å². The molecule has 1 unspecified atom stereocenters. The Balaban J connectivity index is 1.66. The van der Waals surface area contributed by atoms with Crippen LogP contribution >= 0.6 is 0 Å². The SMILES string of the molecule is CC(=O)NC(=N)CC1CN(c2ncnc3[nH]cc(-c4cccc(C#N)c4)c23)CCO1. The van der Waals surface area contributed by atoms with Crippen LogP contribution in [0.1, 0.15) is 18.9 Å². The molecule has 2 aromatic heterocycles. The number of H-pyrrole nitrogens is 1. The van der Waals surface area contributed by atoms with Gasteiger partial charge in [0.15, 0.2) is 0 Å². The smallest absolute Gasteiger partial charge is 0.222 e. The van der Waals surface area contributed by atoms with E-state index in [9.17, 15) is 10.1 Å².